The van der Waals surface area contributed by atoms with E-state index in [9.17, 15) is 0 Å². The van der Waals surface area contributed by atoms with Crippen LogP contribution in [0.1, 0.15) is 43.9 Å². The van der Waals surface area contributed by atoms with Gasteiger partial charge in [0.15, 0.2) is 5.96 Å². The zero-order chi connectivity index (χ0) is 22.2. The number of rotatable bonds is 7. The number of nitrogens with zero attached hydrogens (tertiary/aromatic N) is 3. The third-order valence-electron chi connectivity index (χ3n) is 6.56. The van der Waals surface area contributed by atoms with Crippen molar-refractivity contribution in [3.05, 3.63) is 77.9 Å². The molecule has 0 spiro atoms. The van der Waals surface area contributed by atoms with Gasteiger partial charge in [0.1, 0.15) is 0 Å². The summed E-state index contributed by atoms with van der Waals surface area (Å²) >= 11 is 0. The number of hydrogen-bond donors (Lipinski definition) is 2. The lowest BCUT2D eigenvalue weighted by atomic mass is 10.0. The van der Waals surface area contributed by atoms with Gasteiger partial charge in [-0.3, -0.25) is 4.90 Å². The van der Waals surface area contributed by atoms with E-state index >= 15 is 0 Å². The van der Waals surface area contributed by atoms with Gasteiger partial charge in [0.2, 0.25) is 0 Å². The van der Waals surface area contributed by atoms with E-state index in [1.807, 2.05) is 0 Å². The highest BCUT2D eigenvalue weighted by molar-refractivity contribution is 5.80. The third-order valence-corrected chi connectivity index (χ3v) is 6.56. The molecular weight excluding hydrogens is 394 g/mol. The predicted molar refractivity (Wildman–Crippen MR) is 135 cm³/mol. The van der Waals surface area contributed by atoms with Crippen LogP contribution in [0.25, 0.3) is 0 Å². The smallest absolute Gasteiger partial charge is 0.191 e. The Morgan fingerprint density at radius 3 is 2.50 bits per heavy atom. The van der Waals surface area contributed by atoms with Crippen molar-refractivity contribution in [1.29, 1.82) is 0 Å². The number of anilines is 1. The van der Waals surface area contributed by atoms with Crippen LogP contribution in [0.15, 0.2) is 71.7 Å². The third kappa shape index (κ3) is 5.92. The lowest BCUT2D eigenvalue weighted by Gasteiger charge is -2.37. The molecule has 0 radical (unpaired) electrons. The van der Waals surface area contributed by atoms with Crippen LogP contribution < -0.4 is 15.5 Å². The number of nitrogens with one attached hydrogen (secondary N) is 2. The largest absolute Gasteiger partial charge is 0.364 e. The highest BCUT2D eigenvalue weighted by Gasteiger charge is 2.24. The molecule has 2 aromatic rings. The molecule has 0 aromatic heterocycles. The Bertz CT molecular complexity index is 891. The molecule has 5 nitrogen and oxygen atoms in total. The van der Waals surface area contributed by atoms with Crippen LogP contribution >= 0.6 is 0 Å². The van der Waals surface area contributed by atoms with Crippen LogP contribution in [-0.4, -0.2) is 49.6 Å². The second kappa shape index (κ2) is 11.2. The molecule has 1 unspecified atom stereocenters. The molecule has 2 N–H and O–H groups in total. The molecule has 2 aromatic carbocycles. The molecule has 0 aliphatic carbocycles. The minimum Gasteiger partial charge on any atom is -0.364 e. The Labute approximate surface area is 193 Å². The summed E-state index contributed by atoms with van der Waals surface area (Å²) in [4.78, 5) is 9.86. The molecule has 1 fully saturated rings. The quantitative estimate of drug-likeness (QED) is 0.389. The van der Waals surface area contributed by atoms with Crippen molar-refractivity contribution >= 4 is 11.6 Å². The standard InChI is InChI=1S/C27H37N5/c1-3-28-27(29-21-23-10-9-13-26(20-23)32-16-7-8-17-32)30-25-14-18-31(19-15-25)22(2)24-11-5-4-6-12-24/h4-13,20,22,25H,3,14-19,21H2,1-2H3,(H2,28,29,30). The molecule has 170 valence electrons. The fourth-order valence-corrected chi connectivity index (χ4v) is 4.60. The van der Waals surface area contributed by atoms with Crippen LogP contribution in [0.4, 0.5) is 5.69 Å². The molecule has 1 atom stereocenters. The summed E-state index contributed by atoms with van der Waals surface area (Å²) < 4.78 is 0. The molecule has 2 heterocycles. The van der Waals surface area contributed by atoms with Gasteiger partial charge in [-0.15, -0.1) is 0 Å². The maximum Gasteiger partial charge on any atom is 0.191 e. The van der Waals surface area contributed by atoms with Gasteiger partial charge in [-0.05, 0) is 49.9 Å². The number of likely N-dealkylation sites (tertiary alicyclic amines) is 1. The van der Waals surface area contributed by atoms with Crippen LogP contribution in [0, 0.1) is 0 Å². The van der Waals surface area contributed by atoms with Crippen LogP contribution in [0.2, 0.25) is 0 Å². The molecule has 4 rings (SSSR count). The minimum absolute atomic E-state index is 0.467. The lowest BCUT2D eigenvalue weighted by Crippen LogP contribution is -2.49. The van der Waals surface area contributed by atoms with Crippen molar-refractivity contribution in [3.8, 4) is 0 Å². The van der Waals surface area contributed by atoms with Crippen molar-refractivity contribution < 1.29 is 0 Å². The van der Waals surface area contributed by atoms with Crippen LogP contribution in [0.3, 0.4) is 0 Å². The first-order valence-electron chi connectivity index (χ1n) is 12.1. The van der Waals surface area contributed by atoms with Gasteiger partial charge in [0.05, 0.1) is 6.54 Å². The summed E-state index contributed by atoms with van der Waals surface area (Å²) in [7, 11) is 0. The van der Waals surface area contributed by atoms with E-state index in [0.717, 1.165) is 51.5 Å². The summed E-state index contributed by atoms with van der Waals surface area (Å²) in [5, 5.41) is 7.12. The van der Waals surface area contributed by atoms with E-state index in [2.05, 4.69) is 101 Å². The van der Waals surface area contributed by atoms with Gasteiger partial charge < -0.3 is 15.5 Å². The molecule has 5 heteroatoms. The van der Waals surface area contributed by atoms with E-state index in [-0.39, 0.29) is 0 Å². The number of piperidine rings is 1. The molecular formula is C27H37N5. The highest BCUT2D eigenvalue weighted by Crippen LogP contribution is 2.24. The summed E-state index contributed by atoms with van der Waals surface area (Å²) in [5.41, 5.74) is 3.93. The first-order valence-corrected chi connectivity index (χ1v) is 12.1. The van der Waals surface area contributed by atoms with Crippen LogP contribution in [0.5, 0.6) is 0 Å². The predicted octanol–water partition coefficient (Wildman–Crippen LogP) is 4.34. The molecule has 32 heavy (non-hydrogen) atoms. The SMILES string of the molecule is CCNC(=NCc1cccc(N2CC=CC2)c1)NC1CCN(C(C)c2ccccc2)CC1. The topological polar surface area (TPSA) is 42.9 Å². The van der Waals surface area contributed by atoms with E-state index in [0.29, 0.717) is 18.6 Å². The van der Waals surface area contributed by atoms with Crippen molar-refractivity contribution in [1.82, 2.24) is 15.5 Å². The van der Waals surface area contributed by atoms with E-state index in [1.54, 1.807) is 0 Å². The van der Waals surface area contributed by atoms with Gasteiger partial charge in [-0.2, -0.15) is 0 Å². The Hall–Kier alpha value is -2.79. The fraction of sp³-hybridized carbons (Fsp3) is 0.444. The fourth-order valence-electron chi connectivity index (χ4n) is 4.60. The van der Waals surface area contributed by atoms with Crippen molar-refractivity contribution in [3.63, 3.8) is 0 Å². The van der Waals surface area contributed by atoms with Crippen LogP contribution in [-0.2, 0) is 6.54 Å². The Morgan fingerprint density at radius 1 is 1.03 bits per heavy atom. The molecule has 0 saturated carbocycles. The monoisotopic (exact) mass is 431 g/mol. The summed E-state index contributed by atoms with van der Waals surface area (Å²) in [6.07, 6.45) is 6.73. The minimum atomic E-state index is 0.467. The summed E-state index contributed by atoms with van der Waals surface area (Å²) in [6.45, 7) is 10.2. The van der Waals surface area contributed by atoms with Crippen molar-refractivity contribution in [2.24, 2.45) is 4.99 Å². The number of hydrogen-bond acceptors (Lipinski definition) is 3. The zero-order valence-corrected chi connectivity index (χ0v) is 19.5. The Kier molecular flexibility index (Phi) is 7.83. The molecule has 2 aliphatic rings. The number of guanidine groups is 1. The molecule has 0 amide bonds. The van der Waals surface area contributed by atoms with Gasteiger partial charge in [0.25, 0.3) is 0 Å². The van der Waals surface area contributed by atoms with Crippen molar-refractivity contribution in [2.45, 2.75) is 45.3 Å². The lowest BCUT2D eigenvalue weighted by molar-refractivity contribution is 0.158. The summed E-state index contributed by atoms with van der Waals surface area (Å²) in [5.74, 6) is 0.926. The van der Waals surface area contributed by atoms with Crippen molar-refractivity contribution in [2.75, 3.05) is 37.6 Å². The van der Waals surface area contributed by atoms with E-state index in [1.165, 1.54) is 16.8 Å². The van der Waals surface area contributed by atoms with E-state index in [4.69, 9.17) is 4.99 Å². The van der Waals surface area contributed by atoms with Gasteiger partial charge in [0, 0.05) is 50.5 Å². The average Bonchev–Trinajstić information content (AvgIpc) is 3.39. The molecule has 0 bridgehead atoms. The number of aliphatic imine (C=N–C) groups is 1. The van der Waals surface area contributed by atoms with Gasteiger partial charge >= 0.3 is 0 Å². The maximum absolute atomic E-state index is 4.89. The molecule has 1 saturated heterocycles. The highest BCUT2D eigenvalue weighted by atomic mass is 15.2. The average molecular weight is 432 g/mol. The maximum atomic E-state index is 4.89. The zero-order valence-electron chi connectivity index (χ0n) is 19.5. The molecule has 2 aliphatic heterocycles. The van der Waals surface area contributed by atoms with Gasteiger partial charge in [-0.1, -0.05) is 54.6 Å². The Morgan fingerprint density at radius 2 is 1.78 bits per heavy atom. The summed E-state index contributed by atoms with van der Waals surface area (Å²) in [6, 6.07) is 20.5. The normalized spacial score (nSPS) is 18.7. The van der Waals surface area contributed by atoms with E-state index < -0.39 is 0 Å². The second-order valence-corrected chi connectivity index (χ2v) is 8.78. The van der Waals surface area contributed by atoms with Gasteiger partial charge in [-0.25, -0.2) is 4.99 Å². The second-order valence-electron chi connectivity index (χ2n) is 8.78. The Balaban J connectivity index is 1.31. The number of benzene rings is 2. The first-order chi connectivity index (χ1) is 15.7. The first kappa shape index (κ1) is 22.4.